The molecule has 7 rings (SSSR count). The smallest absolute Gasteiger partial charge is 0.290 e. The first kappa shape index (κ1) is 17.9. The van der Waals surface area contributed by atoms with E-state index < -0.39 is 5.91 Å². The van der Waals surface area contributed by atoms with Gasteiger partial charge in [0.25, 0.3) is 17.6 Å². The lowest BCUT2D eigenvalue weighted by Gasteiger charge is -2.60. The molecule has 4 aliphatic rings. The van der Waals surface area contributed by atoms with Gasteiger partial charge in [0, 0.05) is 30.4 Å². The number of aromatic amines is 1. The van der Waals surface area contributed by atoms with Crippen LogP contribution in [0, 0.1) is 23.2 Å². The molecule has 0 saturated heterocycles. The van der Waals surface area contributed by atoms with Crippen molar-refractivity contribution >= 4 is 22.6 Å². The van der Waals surface area contributed by atoms with Gasteiger partial charge in [0.15, 0.2) is 0 Å². The average Bonchev–Trinajstić information content (AvgIpc) is 3.40. The first-order chi connectivity index (χ1) is 14.5. The number of nitrogens with one attached hydrogen (secondary N) is 2. The van der Waals surface area contributed by atoms with Crippen LogP contribution >= 0.6 is 0 Å². The molecule has 0 aliphatic heterocycles. The van der Waals surface area contributed by atoms with Crippen LogP contribution in [0.5, 0.6) is 0 Å². The number of anilines is 1. The molecule has 4 bridgehead atoms. The molecule has 0 radical (unpaired) electrons. The standard InChI is InChI=1S/C21H24N6O3/c22-17(29)19-26-20(30-27-19)14-8-24-18-13(1-2-23-18)16(14)25-15-11-3-10-4-12(15)7-21(5-10,6-11)9-28/h1-2,8,10-12,15,28H,3-7,9H2,(H2,22,29)(H2,23,24,25)/t10?,11-,12+,15?,21-. The molecular weight excluding hydrogens is 384 g/mol. The lowest BCUT2D eigenvalue weighted by atomic mass is 9.48. The van der Waals surface area contributed by atoms with E-state index in [1.165, 1.54) is 19.3 Å². The zero-order chi connectivity index (χ0) is 20.5. The zero-order valence-electron chi connectivity index (χ0n) is 16.5. The number of amides is 1. The number of pyridine rings is 1. The Kier molecular flexibility index (Phi) is 3.74. The molecule has 4 saturated carbocycles. The van der Waals surface area contributed by atoms with Gasteiger partial charge >= 0.3 is 0 Å². The van der Waals surface area contributed by atoms with Crippen LogP contribution < -0.4 is 11.1 Å². The second kappa shape index (κ2) is 6.28. The summed E-state index contributed by atoms with van der Waals surface area (Å²) in [7, 11) is 0. The highest BCUT2D eigenvalue weighted by Crippen LogP contribution is 2.60. The SMILES string of the molecule is NC(=O)c1noc(-c2cnc3[nH]ccc3c2NC2[C@@H]3CC4C[C@H]2C[C@@](CO)(C4)C3)n1. The molecule has 4 aliphatic carbocycles. The van der Waals surface area contributed by atoms with E-state index >= 15 is 0 Å². The third-order valence-corrected chi connectivity index (χ3v) is 7.51. The molecule has 5 N–H and O–H groups in total. The van der Waals surface area contributed by atoms with Crippen LogP contribution in [0.3, 0.4) is 0 Å². The van der Waals surface area contributed by atoms with E-state index in [2.05, 4.69) is 25.4 Å². The molecule has 30 heavy (non-hydrogen) atoms. The minimum atomic E-state index is -0.731. The fourth-order valence-corrected chi connectivity index (χ4v) is 6.55. The summed E-state index contributed by atoms with van der Waals surface area (Å²) < 4.78 is 5.33. The van der Waals surface area contributed by atoms with Crippen LogP contribution in [0.4, 0.5) is 5.69 Å². The van der Waals surface area contributed by atoms with E-state index in [4.69, 9.17) is 10.3 Å². The molecule has 1 amide bonds. The van der Waals surface area contributed by atoms with Crippen molar-refractivity contribution < 1.29 is 14.4 Å². The Labute approximate surface area is 172 Å². The van der Waals surface area contributed by atoms with Crippen molar-refractivity contribution in [1.29, 1.82) is 0 Å². The summed E-state index contributed by atoms with van der Waals surface area (Å²) in [6.07, 6.45) is 9.26. The van der Waals surface area contributed by atoms with Crippen LogP contribution in [0.25, 0.3) is 22.5 Å². The minimum Gasteiger partial charge on any atom is -0.396 e. The Balaban J connectivity index is 1.40. The van der Waals surface area contributed by atoms with E-state index in [1.807, 2.05) is 12.3 Å². The molecule has 3 aromatic heterocycles. The van der Waals surface area contributed by atoms with Crippen molar-refractivity contribution in [2.24, 2.45) is 28.9 Å². The molecule has 9 heteroatoms. The highest BCUT2D eigenvalue weighted by molar-refractivity contribution is 5.97. The number of nitrogens with zero attached hydrogens (tertiary/aromatic N) is 3. The number of hydrogen-bond donors (Lipinski definition) is 4. The normalized spacial score (nSPS) is 32.0. The monoisotopic (exact) mass is 408 g/mol. The van der Waals surface area contributed by atoms with Gasteiger partial charge in [0.2, 0.25) is 0 Å². The number of fused-ring (bicyclic) bond motifs is 1. The lowest BCUT2D eigenvalue weighted by molar-refractivity contribution is -0.0868. The van der Waals surface area contributed by atoms with Crippen molar-refractivity contribution in [3.05, 3.63) is 24.3 Å². The summed E-state index contributed by atoms with van der Waals surface area (Å²) in [4.78, 5) is 23.2. The van der Waals surface area contributed by atoms with E-state index in [1.54, 1.807) is 6.20 Å². The van der Waals surface area contributed by atoms with Crippen molar-refractivity contribution in [1.82, 2.24) is 20.1 Å². The maximum atomic E-state index is 11.4. The van der Waals surface area contributed by atoms with Gasteiger partial charge in [-0.25, -0.2) is 4.98 Å². The van der Waals surface area contributed by atoms with Crippen molar-refractivity contribution in [2.45, 2.75) is 38.1 Å². The number of nitrogens with two attached hydrogens (primary N) is 1. The van der Waals surface area contributed by atoms with Crippen LogP contribution in [0.2, 0.25) is 0 Å². The Morgan fingerprint density at radius 2 is 2.13 bits per heavy atom. The van der Waals surface area contributed by atoms with Crippen molar-refractivity contribution in [3.63, 3.8) is 0 Å². The summed E-state index contributed by atoms with van der Waals surface area (Å²) >= 11 is 0. The van der Waals surface area contributed by atoms with Gasteiger partial charge in [-0.3, -0.25) is 4.79 Å². The third kappa shape index (κ3) is 2.57. The number of aliphatic hydroxyl groups is 1. The number of carbonyl (C=O) groups is 1. The summed E-state index contributed by atoms with van der Waals surface area (Å²) in [5.41, 5.74) is 7.72. The fourth-order valence-electron chi connectivity index (χ4n) is 6.55. The van der Waals surface area contributed by atoms with Gasteiger partial charge < -0.3 is 25.7 Å². The number of aliphatic hydroxyl groups excluding tert-OH is 1. The maximum Gasteiger partial charge on any atom is 0.290 e. The summed E-state index contributed by atoms with van der Waals surface area (Å²) in [5, 5.41) is 18.5. The van der Waals surface area contributed by atoms with Crippen molar-refractivity contribution in [3.8, 4) is 11.5 Å². The number of aromatic nitrogens is 4. The van der Waals surface area contributed by atoms with Gasteiger partial charge in [-0.05, 0) is 61.3 Å². The molecule has 4 fully saturated rings. The number of carbonyl (C=O) groups excluding carboxylic acids is 1. The van der Waals surface area contributed by atoms with Gasteiger partial charge in [0.05, 0.1) is 11.3 Å². The van der Waals surface area contributed by atoms with Crippen molar-refractivity contribution in [2.75, 3.05) is 11.9 Å². The van der Waals surface area contributed by atoms with E-state index in [0.29, 0.717) is 30.0 Å². The second-order valence-corrected chi connectivity index (χ2v) is 9.37. The van der Waals surface area contributed by atoms with Gasteiger partial charge in [-0.2, -0.15) is 4.98 Å². The summed E-state index contributed by atoms with van der Waals surface area (Å²) in [5.74, 6) is 1.13. The molecular formula is C21H24N6O3. The summed E-state index contributed by atoms with van der Waals surface area (Å²) in [6.45, 7) is 0.295. The Bertz CT molecular complexity index is 1120. The predicted octanol–water partition coefficient (Wildman–Crippen LogP) is 2.31. The number of rotatable bonds is 5. The maximum absolute atomic E-state index is 11.4. The van der Waals surface area contributed by atoms with Gasteiger partial charge in [-0.1, -0.05) is 5.16 Å². The molecule has 3 aromatic rings. The number of primary amides is 1. The first-order valence-electron chi connectivity index (χ1n) is 10.5. The second-order valence-electron chi connectivity index (χ2n) is 9.37. The summed E-state index contributed by atoms with van der Waals surface area (Å²) in [6, 6.07) is 2.30. The zero-order valence-corrected chi connectivity index (χ0v) is 16.5. The Morgan fingerprint density at radius 1 is 1.33 bits per heavy atom. The number of H-pyrrole nitrogens is 1. The molecule has 0 spiro atoms. The molecule has 156 valence electrons. The fraction of sp³-hybridized carbons (Fsp3) is 0.524. The highest BCUT2D eigenvalue weighted by atomic mass is 16.5. The molecule has 0 aromatic carbocycles. The number of hydrogen-bond acceptors (Lipinski definition) is 7. The Hall–Kier alpha value is -2.94. The third-order valence-electron chi connectivity index (χ3n) is 7.51. The van der Waals surface area contributed by atoms with Crippen LogP contribution in [-0.2, 0) is 0 Å². The predicted molar refractivity (Wildman–Crippen MR) is 108 cm³/mol. The van der Waals surface area contributed by atoms with Crippen LogP contribution in [0.1, 0.15) is 42.7 Å². The lowest BCUT2D eigenvalue weighted by Crippen LogP contribution is -2.57. The quantitative estimate of drug-likeness (QED) is 0.507. The van der Waals surface area contributed by atoms with Crippen LogP contribution in [-0.4, -0.2) is 43.8 Å². The molecule has 9 nitrogen and oxygen atoms in total. The average molecular weight is 408 g/mol. The molecule has 5 atom stereocenters. The first-order valence-corrected chi connectivity index (χ1v) is 10.5. The van der Waals surface area contributed by atoms with Gasteiger partial charge in [-0.15, -0.1) is 0 Å². The van der Waals surface area contributed by atoms with E-state index in [-0.39, 0.29) is 17.1 Å². The largest absolute Gasteiger partial charge is 0.396 e. The molecule has 3 heterocycles. The van der Waals surface area contributed by atoms with E-state index in [9.17, 15) is 9.90 Å². The Morgan fingerprint density at radius 3 is 2.83 bits per heavy atom. The molecule has 2 unspecified atom stereocenters. The van der Waals surface area contributed by atoms with E-state index in [0.717, 1.165) is 35.5 Å². The van der Waals surface area contributed by atoms with Gasteiger partial charge in [0.1, 0.15) is 5.65 Å². The topological polar surface area (TPSA) is 143 Å². The minimum absolute atomic E-state index is 0.113. The highest BCUT2D eigenvalue weighted by Gasteiger charge is 2.55. The van der Waals surface area contributed by atoms with Crippen LogP contribution in [0.15, 0.2) is 23.0 Å².